The summed E-state index contributed by atoms with van der Waals surface area (Å²) in [5, 5.41) is 0. The van der Waals surface area contributed by atoms with Crippen LogP contribution in [-0.2, 0) is 32.7 Å². The molecule has 0 radical (unpaired) electrons. The molecule has 0 saturated heterocycles. The van der Waals surface area contributed by atoms with Gasteiger partial charge in [0.2, 0.25) is 0 Å². The van der Waals surface area contributed by atoms with Crippen LogP contribution in [0.1, 0.15) is 174 Å². The fraction of sp³-hybridized carbons (Fsp3) is 0.897. The van der Waals surface area contributed by atoms with Gasteiger partial charge in [-0.15, -0.1) is 0 Å². The molecule has 0 bridgehead atoms. The zero-order chi connectivity index (χ0) is 36.5. The van der Waals surface area contributed by atoms with Crippen molar-refractivity contribution >= 4 is 19.8 Å². The molecule has 0 saturated carbocycles. The third-order valence-corrected chi connectivity index (χ3v) is 9.50. The Bertz CT molecular complexity index is 860. The van der Waals surface area contributed by atoms with Crippen molar-refractivity contribution in [2.24, 2.45) is 0 Å². The van der Waals surface area contributed by atoms with E-state index in [4.69, 9.17) is 18.5 Å². The average molecular weight is 718 g/mol. The summed E-state index contributed by atoms with van der Waals surface area (Å²) < 4.78 is 33.7. The molecular formula is C39H76NO8P. The van der Waals surface area contributed by atoms with Crippen molar-refractivity contribution in [3.8, 4) is 0 Å². The lowest BCUT2D eigenvalue weighted by molar-refractivity contribution is -0.870. The molecule has 9 nitrogen and oxygen atoms in total. The molecule has 1 unspecified atom stereocenters. The maximum absolute atomic E-state index is 12.5. The number of rotatable bonds is 36. The Balaban J connectivity index is 4.36. The number of hydrogen-bond acceptors (Lipinski definition) is 8. The number of nitrogens with zero attached hydrogens (tertiary/aromatic N) is 1. The summed E-state index contributed by atoms with van der Waals surface area (Å²) in [6, 6.07) is 0. The number of ether oxygens (including phenoxy) is 2. The number of allylic oxidation sites excluding steroid dienone is 2. The molecule has 0 amide bonds. The van der Waals surface area contributed by atoms with E-state index in [1.165, 1.54) is 83.5 Å². The Labute approximate surface area is 301 Å². The summed E-state index contributed by atoms with van der Waals surface area (Å²) >= 11 is 0. The highest BCUT2D eigenvalue weighted by molar-refractivity contribution is 7.45. The monoisotopic (exact) mass is 718 g/mol. The van der Waals surface area contributed by atoms with E-state index in [0.29, 0.717) is 17.4 Å². The van der Waals surface area contributed by atoms with E-state index in [2.05, 4.69) is 26.0 Å². The predicted molar refractivity (Wildman–Crippen MR) is 199 cm³/mol. The van der Waals surface area contributed by atoms with Gasteiger partial charge in [-0.2, -0.15) is 0 Å². The summed E-state index contributed by atoms with van der Waals surface area (Å²) in [6.45, 7) is 4.19. The third-order valence-electron chi connectivity index (χ3n) is 8.54. The minimum atomic E-state index is -4.61. The van der Waals surface area contributed by atoms with Gasteiger partial charge < -0.3 is 27.9 Å². The highest BCUT2D eigenvalue weighted by atomic mass is 31.2. The first-order valence-electron chi connectivity index (χ1n) is 19.9. The molecule has 0 aromatic rings. The van der Waals surface area contributed by atoms with Gasteiger partial charge in [0.05, 0.1) is 27.7 Å². The smallest absolute Gasteiger partial charge is 0.306 e. The number of hydrogen-bond donors (Lipinski definition) is 0. The van der Waals surface area contributed by atoms with E-state index in [9.17, 15) is 19.0 Å². The number of likely N-dealkylation sites (N-methyl/N-ethyl adjacent to an activating group) is 1. The van der Waals surface area contributed by atoms with Crippen LogP contribution in [0.5, 0.6) is 0 Å². The molecule has 0 aromatic heterocycles. The lowest BCUT2D eigenvalue weighted by Gasteiger charge is -2.28. The Morgan fingerprint density at radius 2 is 1.04 bits per heavy atom. The van der Waals surface area contributed by atoms with Crippen molar-refractivity contribution in [2.45, 2.75) is 180 Å². The Morgan fingerprint density at radius 1 is 0.612 bits per heavy atom. The van der Waals surface area contributed by atoms with Crippen LogP contribution in [-0.4, -0.2) is 70.0 Å². The van der Waals surface area contributed by atoms with Crippen molar-refractivity contribution in [1.29, 1.82) is 0 Å². The van der Waals surface area contributed by atoms with Gasteiger partial charge in [0.15, 0.2) is 6.10 Å². The second-order valence-corrected chi connectivity index (χ2v) is 16.1. The summed E-state index contributed by atoms with van der Waals surface area (Å²) in [7, 11) is 1.17. The summed E-state index contributed by atoms with van der Waals surface area (Å²) in [6.07, 6.45) is 31.0. The van der Waals surface area contributed by atoms with Crippen molar-refractivity contribution in [3.05, 3.63) is 12.2 Å². The largest absolute Gasteiger partial charge is 0.756 e. The summed E-state index contributed by atoms with van der Waals surface area (Å²) in [4.78, 5) is 37.3. The van der Waals surface area contributed by atoms with Gasteiger partial charge >= 0.3 is 11.9 Å². The van der Waals surface area contributed by atoms with Crippen LogP contribution in [0.25, 0.3) is 0 Å². The number of carbonyl (C=O) groups excluding carboxylic acids is 2. The van der Waals surface area contributed by atoms with Crippen LogP contribution in [0, 0.1) is 0 Å². The molecule has 0 aliphatic rings. The fourth-order valence-corrected chi connectivity index (χ4v) is 6.08. The van der Waals surface area contributed by atoms with Crippen LogP contribution < -0.4 is 4.89 Å². The second kappa shape index (κ2) is 32.6. The highest BCUT2D eigenvalue weighted by Gasteiger charge is 2.21. The molecule has 0 rings (SSSR count). The lowest BCUT2D eigenvalue weighted by Crippen LogP contribution is -2.37. The molecule has 0 N–H and O–H groups in total. The molecule has 0 aliphatic heterocycles. The topological polar surface area (TPSA) is 111 Å². The summed E-state index contributed by atoms with van der Waals surface area (Å²) in [5.74, 6) is -0.843. The van der Waals surface area contributed by atoms with Crippen LogP contribution >= 0.6 is 7.82 Å². The SMILES string of the molecule is CCCCCCCCC/C=C\CCCCCCCC(=O)OC[C@H](COP(=O)([O-])OCC[N+](C)(C)C)OC(=O)CCCCCCCCCCC. The van der Waals surface area contributed by atoms with Crippen LogP contribution in [0.3, 0.4) is 0 Å². The molecular weight excluding hydrogens is 641 g/mol. The molecule has 0 fully saturated rings. The van der Waals surface area contributed by atoms with Gasteiger partial charge in [0.1, 0.15) is 19.8 Å². The van der Waals surface area contributed by atoms with Gasteiger partial charge in [-0.05, 0) is 38.5 Å². The lowest BCUT2D eigenvalue weighted by atomic mass is 10.1. The first kappa shape index (κ1) is 47.8. The van der Waals surface area contributed by atoms with Crippen molar-refractivity contribution < 1.29 is 42.1 Å². The first-order valence-corrected chi connectivity index (χ1v) is 21.4. The first-order chi connectivity index (χ1) is 23.5. The summed E-state index contributed by atoms with van der Waals surface area (Å²) in [5.41, 5.74) is 0. The van der Waals surface area contributed by atoms with Gasteiger partial charge in [-0.25, -0.2) is 0 Å². The number of phosphoric acid groups is 1. The van der Waals surface area contributed by atoms with E-state index in [1.54, 1.807) is 0 Å². The normalized spacial score (nSPS) is 13.8. The number of quaternary nitrogens is 1. The number of carbonyl (C=O) groups is 2. The van der Waals surface area contributed by atoms with Gasteiger partial charge in [-0.3, -0.25) is 14.2 Å². The molecule has 10 heteroatoms. The van der Waals surface area contributed by atoms with Crippen LogP contribution in [0.2, 0.25) is 0 Å². The molecule has 0 heterocycles. The zero-order valence-corrected chi connectivity index (χ0v) is 33.3. The van der Waals surface area contributed by atoms with E-state index >= 15 is 0 Å². The van der Waals surface area contributed by atoms with Crippen molar-refractivity contribution in [2.75, 3.05) is 47.5 Å². The predicted octanol–water partition coefficient (Wildman–Crippen LogP) is 10.00. The Hall–Kier alpha value is -1.25. The number of phosphoric ester groups is 1. The van der Waals surface area contributed by atoms with Gasteiger partial charge in [-0.1, -0.05) is 135 Å². The Kier molecular flexibility index (Phi) is 31.8. The molecule has 0 aliphatic carbocycles. The second-order valence-electron chi connectivity index (χ2n) is 14.7. The van der Waals surface area contributed by atoms with E-state index in [-0.39, 0.29) is 26.1 Å². The average Bonchev–Trinajstić information content (AvgIpc) is 3.04. The van der Waals surface area contributed by atoms with E-state index in [0.717, 1.165) is 57.8 Å². The fourth-order valence-electron chi connectivity index (χ4n) is 5.35. The van der Waals surface area contributed by atoms with Gasteiger partial charge in [0, 0.05) is 12.8 Å². The standard InChI is InChI=1S/C39H76NO8P/c1-6-8-10-12-14-16-17-18-19-20-21-22-24-25-27-29-31-38(41)45-35-37(36-47-49(43,44)46-34-33-40(3,4)5)48-39(42)32-30-28-26-23-15-13-11-9-7-2/h19-20,37H,6-18,21-36H2,1-5H3/b20-19-/t37-/m1/s1. The maximum Gasteiger partial charge on any atom is 0.306 e. The third kappa shape index (κ3) is 36.3. The molecule has 290 valence electrons. The highest BCUT2D eigenvalue weighted by Crippen LogP contribution is 2.38. The molecule has 49 heavy (non-hydrogen) atoms. The number of unbranched alkanes of at least 4 members (excludes halogenated alkanes) is 20. The minimum Gasteiger partial charge on any atom is -0.756 e. The Morgan fingerprint density at radius 3 is 1.51 bits per heavy atom. The van der Waals surface area contributed by atoms with Crippen molar-refractivity contribution in [3.63, 3.8) is 0 Å². The van der Waals surface area contributed by atoms with Gasteiger partial charge in [0.25, 0.3) is 7.82 Å². The van der Waals surface area contributed by atoms with E-state index < -0.39 is 32.5 Å². The van der Waals surface area contributed by atoms with Crippen molar-refractivity contribution in [1.82, 2.24) is 0 Å². The number of esters is 2. The van der Waals surface area contributed by atoms with E-state index in [1.807, 2.05) is 21.1 Å². The molecule has 0 aromatic carbocycles. The molecule has 2 atom stereocenters. The van der Waals surface area contributed by atoms with Crippen LogP contribution in [0.15, 0.2) is 12.2 Å². The quantitative estimate of drug-likeness (QED) is 0.0207. The maximum atomic E-state index is 12.5. The van der Waals surface area contributed by atoms with Crippen LogP contribution in [0.4, 0.5) is 0 Å². The molecule has 0 spiro atoms. The zero-order valence-electron chi connectivity index (χ0n) is 32.4. The minimum absolute atomic E-state index is 0.0294.